The third-order valence-electron chi connectivity index (χ3n) is 3.29. The van der Waals surface area contributed by atoms with Crippen LogP contribution in [0.2, 0.25) is 0 Å². The number of benzene rings is 1. The van der Waals surface area contributed by atoms with E-state index in [9.17, 15) is 9.50 Å². The molecule has 1 aromatic rings. The Morgan fingerprint density at radius 2 is 2.00 bits per heavy atom. The molecule has 1 rings (SSSR count). The van der Waals surface area contributed by atoms with Gasteiger partial charge in [0.25, 0.3) is 0 Å². The lowest BCUT2D eigenvalue weighted by Crippen LogP contribution is -2.34. The molecule has 102 valence electrons. The standard InChI is InChI=1S/C14H22FNO2/c1-4-14(17,5-2)9-18-11-6-7-12(10(3)16)13(15)8-11/h6-8,10,17H,4-5,9,16H2,1-3H3. The molecule has 0 amide bonds. The van der Waals surface area contributed by atoms with E-state index in [2.05, 4.69) is 0 Å². The van der Waals surface area contributed by atoms with E-state index in [1.54, 1.807) is 19.1 Å². The Labute approximate surface area is 108 Å². The summed E-state index contributed by atoms with van der Waals surface area (Å²) in [5.74, 6) is 0.0382. The molecule has 0 bridgehead atoms. The first kappa shape index (κ1) is 14.9. The van der Waals surface area contributed by atoms with E-state index >= 15 is 0 Å². The monoisotopic (exact) mass is 255 g/mol. The molecule has 0 radical (unpaired) electrons. The second-order valence-corrected chi connectivity index (χ2v) is 4.69. The van der Waals surface area contributed by atoms with Gasteiger partial charge in [-0.25, -0.2) is 4.39 Å². The maximum absolute atomic E-state index is 13.7. The molecule has 1 aromatic carbocycles. The van der Waals surface area contributed by atoms with Gasteiger partial charge in [0.2, 0.25) is 0 Å². The zero-order valence-corrected chi connectivity index (χ0v) is 11.2. The van der Waals surface area contributed by atoms with Crippen molar-refractivity contribution in [3.8, 4) is 5.75 Å². The smallest absolute Gasteiger partial charge is 0.131 e. The molecule has 3 nitrogen and oxygen atoms in total. The maximum Gasteiger partial charge on any atom is 0.131 e. The van der Waals surface area contributed by atoms with Crippen LogP contribution < -0.4 is 10.5 Å². The highest BCUT2D eigenvalue weighted by molar-refractivity contribution is 5.30. The van der Waals surface area contributed by atoms with E-state index in [-0.39, 0.29) is 18.5 Å². The minimum atomic E-state index is -0.851. The van der Waals surface area contributed by atoms with Gasteiger partial charge >= 0.3 is 0 Å². The van der Waals surface area contributed by atoms with Crippen molar-refractivity contribution >= 4 is 0 Å². The SMILES string of the molecule is CCC(O)(CC)COc1ccc(C(C)N)c(F)c1. The molecule has 0 aromatic heterocycles. The molecule has 0 aliphatic rings. The third-order valence-corrected chi connectivity index (χ3v) is 3.29. The summed E-state index contributed by atoms with van der Waals surface area (Å²) in [4.78, 5) is 0. The average molecular weight is 255 g/mol. The predicted molar refractivity (Wildman–Crippen MR) is 70.0 cm³/mol. The van der Waals surface area contributed by atoms with Crippen LogP contribution in [0.5, 0.6) is 5.75 Å². The van der Waals surface area contributed by atoms with Crippen LogP contribution >= 0.6 is 0 Å². The van der Waals surface area contributed by atoms with Gasteiger partial charge in [-0.1, -0.05) is 19.9 Å². The molecule has 0 spiro atoms. The number of ether oxygens (including phenoxy) is 1. The Balaban J connectivity index is 2.72. The Kier molecular flexibility index (Phi) is 5.11. The third kappa shape index (κ3) is 3.68. The van der Waals surface area contributed by atoms with Gasteiger partial charge in [0, 0.05) is 17.7 Å². The lowest BCUT2D eigenvalue weighted by Gasteiger charge is -2.25. The molecule has 0 aliphatic heterocycles. The average Bonchev–Trinajstić information content (AvgIpc) is 2.35. The first-order chi connectivity index (χ1) is 8.41. The highest BCUT2D eigenvalue weighted by atomic mass is 19.1. The van der Waals surface area contributed by atoms with E-state index in [1.165, 1.54) is 6.07 Å². The second kappa shape index (κ2) is 6.16. The van der Waals surface area contributed by atoms with E-state index < -0.39 is 5.60 Å². The molecule has 0 saturated carbocycles. The summed E-state index contributed by atoms with van der Waals surface area (Å²) in [5.41, 5.74) is 5.24. The number of halogens is 1. The van der Waals surface area contributed by atoms with Gasteiger partial charge in [-0.2, -0.15) is 0 Å². The molecular formula is C14H22FNO2. The molecule has 4 heteroatoms. The number of aliphatic hydroxyl groups is 1. The van der Waals surface area contributed by atoms with Crippen LogP contribution in [0.25, 0.3) is 0 Å². The fourth-order valence-corrected chi connectivity index (χ4v) is 1.64. The van der Waals surface area contributed by atoms with Gasteiger partial charge < -0.3 is 15.6 Å². The zero-order valence-electron chi connectivity index (χ0n) is 11.2. The maximum atomic E-state index is 13.7. The number of hydrogen-bond acceptors (Lipinski definition) is 3. The predicted octanol–water partition coefficient (Wildman–Crippen LogP) is 2.78. The molecule has 3 N–H and O–H groups in total. The number of nitrogens with two attached hydrogens (primary N) is 1. The Hall–Kier alpha value is -1.13. The fourth-order valence-electron chi connectivity index (χ4n) is 1.64. The summed E-state index contributed by atoms with van der Waals surface area (Å²) in [6.45, 7) is 5.68. The molecule has 0 heterocycles. The molecule has 18 heavy (non-hydrogen) atoms. The number of rotatable bonds is 6. The van der Waals surface area contributed by atoms with Crippen LogP contribution in [-0.4, -0.2) is 17.3 Å². The van der Waals surface area contributed by atoms with E-state index in [1.807, 2.05) is 13.8 Å². The van der Waals surface area contributed by atoms with Crippen molar-refractivity contribution in [2.75, 3.05) is 6.61 Å². The van der Waals surface area contributed by atoms with E-state index in [0.29, 0.717) is 24.2 Å². The van der Waals surface area contributed by atoms with Crippen molar-refractivity contribution in [3.63, 3.8) is 0 Å². The zero-order chi connectivity index (χ0) is 13.8. The summed E-state index contributed by atoms with van der Waals surface area (Å²) in [6.07, 6.45) is 1.20. The van der Waals surface area contributed by atoms with Crippen LogP contribution in [0, 0.1) is 5.82 Å². The van der Waals surface area contributed by atoms with Gasteiger partial charge in [0.15, 0.2) is 0 Å². The lowest BCUT2D eigenvalue weighted by atomic mass is 9.99. The van der Waals surface area contributed by atoms with Crippen LogP contribution in [-0.2, 0) is 0 Å². The molecular weight excluding hydrogens is 233 g/mol. The van der Waals surface area contributed by atoms with Crippen molar-refractivity contribution in [3.05, 3.63) is 29.6 Å². The van der Waals surface area contributed by atoms with Gasteiger partial charge in [0.05, 0.1) is 5.60 Å². The van der Waals surface area contributed by atoms with Crippen molar-refractivity contribution in [1.82, 2.24) is 0 Å². The molecule has 1 atom stereocenters. The summed E-state index contributed by atoms with van der Waals surface area (Å²) in [6, 6.07) is 4.26. The largest absolute Gasteiger partial charge is 0.490 e. The van der Waals surface area contributed by atoms with Crippen LogP contribution in [0.4, 0.5) is 4.39 Å². The lowest BCUT2D eigenvalue weighted by molar-refractivity contribution is -0.0114. The number of hydrogen-bond donors (Lipinski definition) is 2. The highest BCUT2D eigenvalue weighted by Crippen LogP contribution is 2.22. The second-order valence-electron chi connectivity index (χ2n) is 4.69. The first-order valence-corrected chi connectivity index (χ1v) is 6.32. The normalized spacial score (nSPS) is 13.4. The quantitative estimate of drug-likeness (QED) is 0.821. The van der Waals surface area contributed by atoms with Crippen molar-refractivity contribution in [1.29, 1.82) is 0 Å². The Bertz CT molecular complexity index is 389. The summed E-state index contributed by atoms with van der Waals surface area (Å²) in [7, 11) is 0. The van der Waals surface area contributed by atoms with Crippen molar-refractivity contribution < 1.29 is 14.2 Å². The first-order valence-electron chi connectivity index (χ1n) is 6.32. The fraction of sp³-hybridized carbons (Fsp3) is 0.571. The van der Waals surface area contributed by atoms with Gasteiger partial charge in [-0.3, -0.25) is 0 Å². The van der Waals surface area contributed by atoms with Crippen molar-refractivity contribution in [2.45, 2.75) is 45.3 Å². The van der Waals surface area contributed by atoms with Crippen LogP contribution in [0.3, 0.4) is 0 Å². The van der Waals surface area contributed by atoms with E-state index in [4.69, 9.17) is 10.5 Å². The van der Waals surface area contributed by atoms with Crippen LogP contribution in [0.15, 0.2) is 18.2 Å². The van der Waals surface area contributed by atoms with E-state index in [0.717, 1.165) is 0 Å². The molecule has 0 fully saturated rings. The topological polar surface area (TPSA) is 55.5 Å². The Morgan fingerprint density at radius 3 is 2.44 bits per heavy atom. The molecule has 0 aliphatic carbocycles. The summed E-state index contributed by atoms with van der Waals surface area (Å²) >= 11 is 0. The summed E-state index contributed by atoms with van der Waals surface area (Å²) in [5, 5.41) is 10.1. The van der Waals surface area contributed by atoms with Gasteiger partial charge in [-0.05, 0) is 25.8 Å². The minimum Gasteiger partial charge on any atom is -0.490 e. The summed E-state index contributed by atoms with van der Waals surface area (Å²) < 4.78 is 19.1. The van der Waals surface area contributed by atoms with Gasteiger partial charge in [0.1, 0.15) is 18.2 Å². The molecule has 0 saturated heterocycles. The van der Waals surface area contributed by atoms with Gasteiger partial charge in [-0.15, -0.1) is 0 Å². The highest BCUT2D eigenvalue weighted by Gasteiger charge is 2.23. The molecule has 1 unspecified atom stereocenters. The Morgan fingerprint density at radius 1 is 1.39 bits per heavy atom. The van der Waals surface area contributed by atoms with Crippen molar-refractivity contribution in [2.24, 2.45) is 5.73 Å². The minimum absolute atomic E-state index is 0.164. The van der Waals surface area contributed by atoms with Crippen LogP contribution in [0.1, 0.15) is 45.2 Å².